The lowest BCUT2D eigenvalue weighted by Gasteiger charge is -2.29. The Balaban J connectivity index is 2.68. The lowest BCUT2D eigenvalue weighted by Crippen LogP contribution is -2.49. The molecule has 0 aliphatic heterocycles. The first-order valence-corrected chi connectivity index (χ1v) is 8.41. The van der Waals surface area contributed by atoms with Crippen molar-refractivity contribution in [1.82, 2.24) is 10.2 Å². The number of carboxylic acid groups (broad SMARTS) is 1. The Kier molecular flexibility index (Phi) is 7.02. The first-order valence-electron chi connectivity index (χ1n) is 6.80. The van der Waals surface area contributed by atoms with Gasteiger partial charge in [0.1, 0.15) is 6.04 Å². The third-order valence-corrected chi connectivity index (χ3v) is 4.61. The Bertz CT molecular complexity index is 559. The maximum Gasteiger partial charge on any atom is 0.305 e. The number of amides is 2. The van der Waals surface area contributed by atoms with E-state index in [1.165, 1.54) is 16.2 Å². The smallest absolute Gasteiger partial charge is 0.305 e. The molecule has 0 saturated heterocycles. The van der Waals surface area contributed by atoms with Crippen molar-refractivity contribution in [2.75, 3.05) is 6.54 Å². The molecule has 22 heavy (non-hydrogen) atoms. The Morgan fingerprint density at radius 2 is 1.95 bits per heavy atom. The molecule has 1 aromatic rings. The van der Waals surface area contributed by atoms with Gasteiger partial charge in [0.25, 0.3) is 5.91 Å². The minimum atomic E-state index is -0.960. The molecule has 0 aliphatic rings. The zero-order chi connectivity index (χ0) is 16.9. The Morgan fingerprint density at radius 1 is 1.32 bits per heavy atom. The number of carboxylic acids is 1. The number of carbonyl (C=O) groups excluding carboxylic acids is 2. The summed E-state index contributed by atoms with van der Waals surface area (Å²) in [5.74, 6) is -1.57. The highest BCUT2D eigenvalue weighted by Gasteiger charge is 2.25. The van der Waals surface area contributed by atoms with Crippen molar-refractivity contribution in [2.45, 2.75) is 39.3 Å². The number of thiophene rings is 1. The predicted molar refractivity (Wildman–Crippen MR) is 88.0 cm³/mol. The highest BCUT2D eigenvalue weighted by molar-refractivity contribution is 9.11. The quantitative estimate of drug-likeness (QED) is 0.747. The van der Waals surface area contributed by atoms with Crippen molar-refractivity contribution in [3.63, 3.8) is 0 Å². The number of rotatable bonds is 7. The number of carbonyl (C=O) groups is 3. The summed E-state index contributed by atoms with van der Waals surface area (Å²) in [4.78, 5) is 37.1. The van der Waals surface area contributed by atoms with Crippen LogP contribution in [0.25, 0.3) is 0 Å². The van der Waals surface area contributed by atoms with Gasteiger partial charge in [0.05, 0.1) is 15.1 Å². The number of nitrogens with zero attached hydrogens (tertiary/aromatic N) is 1. The van der Waals surface area contributed by atoms with Crippen molar-refractivity contribution < 1.29 is 19.5 Å². The first kappa shape index (κ1) is 18.6. The Hall–Kier alpha value is -1.41. The van der Waals surface area contributed by atoms with E-state index in [4.69, 9.17) is 5.11 Å². The van der Waals surface area contributed by atoms with E-state index in [1.807, 2.05) is 13.8 Å². The fourth-order valence-corrected chi connectivity index (χ4v) is 3.14. The molecule has 0 radical (unpaired) electrons. The van der Waals surface area contributed by atoms with Crippen LogP contribution in [0.3, 0.4) is 0 Å². The van der Waals surface area contributed by atoms with E-state index in [0.717, 1.165) is 3.79 Å². The molecule has 1 atom stereocenters. The number of aliphatic carboxylic acids is 1. The van der Waals surface area contributed by atoms with Crippen molar-refractivity contribution in [3.8, 4) is 0 Å². The number of nitrogens with one attached hydrogen (secondary N) is 1. The normalized spacial score (nSPS) is 12.0. The van der Waals surface area contributed by atoms with E-state index in [1.54, 1.807) is 19.1 Å². The van der Waals surface area contributed by atoms with Gasteiger partial charge in [-0.2, -0.15) is 0 Å². The summed E-state index contributed by atoms with van der Waals surface area (Å²) < 4.78 is 0.835. The maximum atomic E-state index is 12.4. The van der Waals surface area contributed by atoms with Gasteiger partial charge < -0.3 is 15.3 Å². The van der Waals surface area contributed by atoms with Crippen molar-refractivity contribution in [2.24, 2.45) is 0 Å². The summed E-state index contributed by atoms with van der Waals surface area (Å²) >= 11 is 4.56. The SMILES string of the molecule is CC(NC(=O)c1ccc(Br)s1)C(=O)N(CCC(=O)O)C(C)C. The minimum absolute atomic E-state index is 0.122. The molecule has 2 N–H and O–H groups in total. The van der Waals surface area contributed by atoms with Gasteiger partial charge in [-0.05, 0) is 48.8 Å². The molecule has 0 bridgehead atoms. The van der Waals surface area contributed by atoms with Crippen molar-refractivity contribution >= 4 is 45.1 Å². The third-order valence-electron chi connectivity index (χ3n) is 2.99. The molecule has 122 valence electrons. The number of hydrogen-bond acceptors (Lipinski definition) is 4. The molecule has 0 aliphatic carbocycles. The van der Waals surface area contributed by atoms with Gasteiger partial charge in [-0.25, -0.2) is 0 Å². The second-order valence-corrected chi connectivity index (χ2v) is 7.53. The third kappa shape index (κ3) is 5.42. The van der Waals surface area contributed by atoms with E-state index in [9.17, 15) is 14.4 Å². The summed E-state index contributed by atoms with van der Waals surface area (Å²) in [7, 11) is 0. The average molecular weight is 391 g/mol. The first-order chi connectivity index (χ1) is 10.2. The largest absolute Gasteiger partial charge is 0.481 e. The molecule has 0 spiro atoms. The topological polar surface area (TPSA) is 86.7 Å². The van der Waals surface area contributed by atoms with Crippen LogP contribution in [-0.4, -0.2) is 46.4 Å². The standard InChI is InChI=1S/C14H19BrN2O4S/c1-8(2)17(7-6-12(18)19)14(21)9(3)16-13(20)10-4-5-11(15)22-10/h4-5,8-9H,6-7H2,1-3H3,(H,16,20)(H,18,19). The highest BCUT2D eigenvalue weighted by Crippen LogP contribution is 2.22. The van der Waals surface area contributed by atoms with Gasteiger partial charge in [-0.1, -0.05) is 0 Å². The molecule has 0 aromatic carbocycles. The molecule has 1 rings (SSSR count). The Morgan fingerprint density at radius 3 is 2.41 bits per heavy atom. The number of hydrogen-bond donors (Lipinski definition) is 2. The van der Waals surface area contributed by atoms with E-state index < -0.39 is 12.0 Å². The van der Waals surface area contributed by atoms with Gasteiger partial charge in [0, 0.05) is 12.6 Å². The summed E-state index contributed by atoms with van der Waals surface area (Å²) in [6.45, 7) is 5.34. The minimum Gasteiger partial charge on any atom is -0.481 e. The monoisotopic (exact) mass is 390 g/mol. The molecule has 0 saturated carbocycles. The highest BCUT2D eigenvalue weighted by atomic mass is 79.9. The van der Waals surface area contributed by atoms with Gasteiger partial charge in [0.15, 0.2) is 0 Å². The molecule has 0 fully saturated rings. The van der Waals surface area contributed by atoms with Crippen molar-refractivity contribution in [3.05, 3.63) is 20.8 Å². The predicted octanol–water partition coefficient (Wildman–Crippen LogP) is 2.34. The molecule has 1 heterocycles. The van der Waals surface area contributed by atoms with Crippen LogP contribution in [0.5, 0.6) is 0 Å². The second kappa shape index (κ2) is 8.28. The van der Waals surface area contributed by atoms with E-state index in [-0.39, 0.29) is 30.8 Å². The van der Waals surface area contributed by atoms with E-state index in [0.29, 0.717) is 4.88 Å². The molecular formula is C14H19BrN2O4S. The fourth-order valence-electron chi connectivity index (χ4n) is 1.85. The zero-order valence-corrected chi connectivity index (χ0v) is 15.0. The van der Waals surface area contributed by atoms with Gasteiger partial charge in [-0.15, -0.1) is 11.3 Å². The van der Waals surface area contributed by atoms with Crippen molar-refractivity contribution in [1.29, 1.82) is 0 Å². The molecular weight excluding hydrogens is 372 g/mol. The summed E-state index contributed by atoms with van der Waals surface area (Å²) in [6, 6.07) is 2.58. The maximum absolute atomic E-state index is 12.4. The second-order valence-electron chi connectivity index (χ2n) is 5.07. The summed E-state index contributed by atoms with van der Waals surface area (Å²) in [5.41, 5.74) is 0. The van der Waals surface area contributed by atoms with Gasteiger partial charge in [-0.3, -0.25) is 14.4 Å². The van der Waals surface area contributed by atoms with Crippen LogP contribution >= 0.6 is 27.3 Å². The Labute approximate surface area is 141 Å². The average Bonchev–Trinajstić information content (AvgIpc) is 2.84. The molecule has 6 nitrogen and oxygen atoms in total. The van der Waals surface area contributed by atoms with Gasteiger partial charge in [0.2, 0.25) is 5.91 Å². The summed E-state index contributed by atoms with van der Waals surface area (Å²) in [5, 5.41) is 11.4. The van der Waals surface area contributed by atoms with Gasteiger partial charge >= 0.3 is 5.97 Å². The molecule has 1 aromatic heterocycles. The van der Waals surface area contributed by atoms with Crippen LogP contribution in [-0.2, 0) is 9.59 Å². The van der Waals surface area contributed by atoms with Crippen LogP contribution in [0.15, 0.2) is 15.9 Å². The summed E-state index contributed by atoms with van der Waals surface area (Å²) in [6.07, 6.45) is -0.123. The van der Waals surface area contributed by atoms with E-state index in [2.05, 4.69) is 21.2 Å². The van der Waals surface area contributed by atoms with Crippen LogP contribution in [0.2, 0.25) is 0 Å². The lowest BCUT2D eigenvalue weighted by atomic mass is 10.2. The lowest BCUT2D eigenvalue weighted by molar-refractivity contribution is -0.139. The fraction of sp³-hybridized carbons (Fsp3) is 0.500. The molecule has 2 amide bonds. The van der Waals surface area contributed by atoms with Crippen LogP contribution < -0.4 is 5.32 Å². The number of halogens is 1. The molecule has 8 heteroatoms. The van der Waals surface area contributed by atoms with Crippen LogP contribution in [0, 0.1) is 0 Å². The zero-order valence-electron chi connectivity index (χ0n) is 12.6. The van der Waals surface area contributed by atoms with Crippen LogP contribution in [0.4, 0.5) is 0 Å². The van der Waals surface area contributed by atoms with E-state index >= 15 is 0 Å². The molecule has 1 unspecified atom stereocenters. The van der Waals surface area contributed by atoms with Crippen LogP contribution in [0.1, 0.15) is 36.9 Å².